The highest BCUT2D eigenvalue weighted by Crippen LogP contribution is 2.21. The van der Waals surface area contributed by atoms with E-state index >= 15 is 0 Å². The molecule has 11 heavy (non-hydrogen) atoms. The first-order chi connectivity index (χ1) is 5.11. The monoisotopic (exact) mass is 158 g/mol. The maximum Gasteiger partial charge on any atom is 0.100 e. The lowest BCUT2D eigenvalue weighted by molar-refractivity contribution is 0.271. The third-order valence-electron chi connectivity index (χ3n) is 2.17. The predicted octanol–water partition coefficient (Wildman–Crippen LogP) is 3.73. The van der Waals surface area contributed by atoms with E-state index in [0.717, 1.165) is 12.0 Å². The molecule has 0 saturated carbocycles. The third kappa shape index (κ3) is 4.18. The summed E-state index contributed by atoms with van der Waals surface area (Å²) in [4.78, 5) is 0. The zero-order valence-corrected chi connectivity index (χ0v) is 7.86. The minimum atomic E-state index is -0.642. The molecule has 0 radical (unpaired) electrons. The number of rotatable bonds is 5. The molecular formula is C10H19F. The van der Waals surface area contributed by atoms with Gasteiger partial charge < -0.3 is 0 Å². The normalized spacial score (nSPS) is 16.0. The minimum Gasteiger partial charge on any atom is -0.247 e. The van der Waals surface area contributed by atoms with Gasteiger partial charge in [0.15, 0.2) is 0 Å². The lowest BCUT2D eigenvalue weighted by Gasteiger charge is -2.16. The van der Waals surface area contributed by atoms with Crippen LogP contribution in [0.2, 0.25) is 0 Å². The molecule has 0 aromatic heterocycles. The Balaban J connectivity index is 3.77. The molecule has 0 spiro atoms. The molecular weight excluding hydrogens is 139 g/mol. The van der Waals surface area contributed by atoms with Gasteiger partial charge in [0.25, 0.3) is 0 Å². The molecule has 0 aliphatic carbocycles. The average Bonchev–Trinajstić information content (AvgIpc) is 1.99. The fourth-order valence-electron chi connectivity index (χ4n) is 1.19. The molecule has 66 valence electrons. The Kier molecular flexibility index (Phi) is 5.18. The molecule has 0 fully saturated rings. The van der Waals surface area contributed by atoms with E-state index in [0.29, 0.717) is 18.8 Å². The number of hydrogen-bond acceptors (Lipinski definition) is 0. The van der Waals surface area contributed by atoms with E-state index in [1.165, 1.54) is 0 Å². The SMILES string of the molecule is C=C(C)C(CC)CC(F)CC. The molecule has 0 amide bonds. The first-order valence-corrected chi connectivity index (χ1v) is 4.41. The molecule has 0 bridgehead atoms. The molecule has 0 aromatic rings. The van der Waals surface area contributed by atoms with Crippen molar-refractivity contribution >= 4 is 0 Å². The minimum absolute atomic E-state index is 0.380. The molecule has 0 N–H and O–H groups in total. The summed E-state index contributed by atoms with van der Waals surface area (Å²) in [5, 5.41) is 0. The Morgan fingerprint density at radius 3 is 2.18 bits per heavy atom. The van der Waals surface area contributed by atoms with E-state index in [-0.39, 0.29) is 0 Å². The van der Waals surface area contributed by atoms with Crippen LogP contribution in [0.1, 0.15) is 40.0 Å². The molecule has 0 aromatic carbocycles. The molecule has 0 aliphatic heterocycles. The van der Waals surface area contributed by atoms with Gasteiger partial charge in [-0.2, -0.15) is 0 Å². The summed E-state index contributed by atoms with van der Waals surface area (Å²) in [6.45, 7) is 9.80. The summed E-state index contributed by atoms with van der Waals surface area (Å²) in [5.41, 5.74) is 1.11. The Morgan fingerprint density at radius 2 is 1.91 bits per heavy atom. The smallest absolute Gasteiger partial charge is 0.100 e. The molecule has 0 saturated heterocycles. The summed E-state index contributed by atoms with van der Waals surface area (Å²) in [6.07, 6.45) is 1.65. The molecule has 0 aliphatic rings. The van der Waals surface area contributed by atoms with Crippen molar-refractivity contribution in [3.05, 3.63) is 12.2 Å². The highest BCUT2D eigenvalue weighted by Gasteiger charge is 2.12. The molecule has 2 unspecified atom stereocenters. The van der Waals surface area contributed by atoms with Gasteiger partial charge in [-0.1, -0.05) is 26.0 Å². The maximum atomic E-state index is 12.9. The largest absolute Gasteiger partial charge is 0.247 e. The lowest BCUT2D eigenvalue weighted by Crippen LogP contribution is -2.08. The highest BCUT2D eigenvalue weighted by molar-refractivity contribution is 4.96. The van der Waals surface area contributed by atoms with Crippen LogP contribution in [-0.4, -0.2) is 6.17 Å². The van der Waals surface area contributed by atoms with Crippen molar-refractivity contribution in [3.63, 3.8) is 0 Å². The Labute approximate surface area is 69.5 Å². The van der Waals surface area contributed by atoms with Crippen molar-refractivity contribution < 1.29 is 4.39 Å². The zero-order chi connectivity index (χ0) is 8.85. The molecule has 0 nitrogen and oxygen atoms in total. The van der Waals surface area contributed by atoms with Crippen molar-refractivity contribution in [2.45, 2.75) is 46.2 Å². The number of hydrogen-bond donors (Lipinski definition) is 0. The number of allylic oxidation sites excluding steroid dienone is 1. The van der Waals surface area contributed by atoms with E-state index < -0.39 is 6.17 Å². The van der Waals surface area contributed by atoms with Gasteiger partial charge in [0.1, 0.15) is 6.17 Å². The van der Waals surface area contributed by atoms with E-state index in [1.807, 2.05) is 13.8 Å². The van der Waals surface area contributed by atoms with Crippen LogP contribution in [0.5, 0.6) is 0 Å². The average molecular weight is 158 g/mol. The van der Waals surface area contributed by atoms with Gasteiger partial charge in [-0.25, -0.2) is 4.39 Å². The molecule has 1 heteroatoms. The van der Waals surface area contributed by atoms with Gasteiger partial charge >= 0.3 is 0 Å². The molecule has 0 rings (SSSR count). The van der Waals surface area contributed by atoms with Gasteiger partial charge in [-0.15, -0.1) is 0 Å². The summed E-state index contributed by atoms with van der Waals surface area (Å²) >= 11 is 0. The van der Waals surface area contributed by atoms with E-state index in [9.17, 15) is 4.39 Å². The fourth-order valence-corrected chi connectivity index (χ4v) is 1.19. The quantitative estimate of drug-likeness (QED) is 0.535. The summed E-state index contributed by atoms with van der Waals surface area (Å²) < 4.78 is 12.9. The Hall–Kier alpha value is -0.330. The van der Waals surface area contributed by atoms with E-state index in [4.69, 9.17) is 0 Å². The molecule has 2 atom stereocenters. The van der Waals surface area contributed by atoms with Gasteiger partial charge in [0.2, 0.25) is 0 Å². The Bertz CT molecular complexity index is 118. The van der Waals surface area contributed by atoms with Gasteiger partial charge in [0, 0.05) is 0 Å². The number of alkyl halides is 1. The van der Waals surface area contributed by atoms with Crippen LogP contribution >= 0.6 is 0 Å². The molecule has 0 heterocycles. The van der Waals surface area contributed by atoms with E-state index in [2.05, 4.69) is 13.5 Å². The first-order valence-electron chi connectivity index (χ1n) is 4.41. The van der Waals surface area contributed by atoms with Crippen LogP contribution in [0.15, 0.2) is 12.2 Å². The maximum absolute atomic E-state index is 12.9. The summed E-state index contributed by atoms with van der Waals surface area (Å²) in [7, 11) is 0. The van der Waals surface area contributed by atoms with E-state index in [1.54, 1.807) is 0 Å². The van der Waals surface area contributed by atoms with Crippen molar-refractivity contribution in [1.82, 2.24) is 0 Å². The topological polar surface area (TPSA) is 0 Å². The van der Waals surface area contributed by atoms with Crippen molar-refractivity contribution in [2.75, 3.05) is 0 Å². The van der Waals surface area contributed by atoms with Crippen LogP contribution < -0.4 is 0 Å². The van der Waals surface area contributed by atoms with Crippen LogP contribution in [0, 0.1) is 5.92 Å². The first kappa shape index (κ1) is 10.7. The van der Waals surface area contributed by atoms with Gasteiger partial charge in [0.05, 0.1) is 0 Å². The van der Waals surface area contributed by atoms with Crippen LogP contribution in [0.3, 0.4) is 0 Å². The predicted molar refractivity (Wildman–Crippen MR) is 48.4 cm³/mol. The second-order valence-corrected chi connectivity index (χ2v) is 3.19. The summed E-state index contributed by atoms with van der Waals surface area (Å²) in [5.74, 6) is 0.380. The standard InChI is InChI=1S/C10H19F/c1-5-9(8(3)4)7-10(11)6-2/h9-10H,3,5-7H2,1-2,4H3. The van der Waals surface area contributed by atoms with Crippen molar-refractivity contribution in [2.24, 2.45) is 5.92 Å². The number of halogens is 1. The van der Waals surface area contributed by atoms with Crippen LogP contribution in [0.4, 0.5) is 4.39 Å². The fraction of sp³-hybridized carbons (Fsp3) is 0.800. The van der Waals surface area contributed by atoms with Gasteiger partial charge in [-0.3, -0.25) is 0 Å². The second kappa shape index (κ2) is 5.34. The lowest BCUT2D eigenvalue weighted by atomic mass is 9.92. The third-order valence-corrected chi connectivity index (χ3v) is 2.17. The second-order valence-electron chi connectivity index (χ2n) is 3.19. The van der Waals surface area contributed by atoms with Crippen LogP contribution in [-0.2, 0) is 0 Å². The summed E-state index contributed by atoms with van der Waals surface area (Å²) in [6, 6.07) is 0. The Morgan fingerprint density at radius 1 is 1.36 bits per heavy atom. The highest BCUT2D eigenvalue weighted by atomic mass is 19.1. The van der Waals surface area contributed by atoms with Gasteiger partial charge in [-0.05, 0) is 32.1 Å². The van der Waals surface area contributed by atoms with Crippen molar-refractivity contribution in [1.29, 1.82) is 0 Å². The zero-order valence-electron chi connectivity index (χ0n) is 7.86. The van der Waals surface area contributed by atoms with Crippen LogP contribution in [0.25, 0.3) is 0 Å². The van der Waals surface area contributed by atoms with Crippen molar-refractivity contribution in [3.8, 4) is 0 Å².